The van der Waals surface area contributed by atoms with Crippen molar-refractivity contribution in [2.24, 2.45) is 16.2 Å². The van der Waals surface area contributed by atoms with Gasteiger partial charge in [-0.1, -0.05) is 120 Å². The number of aryl methyl sites for hydroxylation is 1. The maximum absolute atomic E-state index is 4.94. The average Bonchev–Trinajstić information content (AvgIpc) is 2.90. The van der Waals surface area contributed by atoms with Crippen LogP contribution < -0.4 is 0 Å². The van der Waals surface area contributed by atoms with Gasteiger partial charge in [0.25, 0.3) is 0 Å². The molecule has 0 aromatic heterocycles. The third kappa shape index (κ3) is 4.81. The standard InChI is InChI=1S/C43H54/c1-26(2)36-22-35(20-19-28(5)21-34-17-15-14-16-18-34)30(7)39-31(8)40-33(10)43(13)32(9)38(27(3)4)29(6)23-42(43,12)25-41(40,11)24-37(36)39/h14-18,22,26H,3,5,8-9,19-21,23-25H2,1-2,4,6-7,10-13H3/t41-,42+,43-/m1/s1. The van der Waals surface area contributed by atoms with E-state index >= 15 is 0 Å². The van der Waals surface area contributed by atoms with E-state index < -0.39 is 0 Å². The third-order valence-corrected chi connectivity index (χ3v) is 11.8. The molecule has 226 valence electrons. The molecular formula is C43H54. The van der Waals surface area contributed by atoms with Gasteiger partial charge in [-0.15, -0.1) is 0 Å². The lowest BCUT2D eigenvalue weighted by atomic mass is 9.41. The Morgan fingerprint density at radius 2 is 1.60 bits per heavy atom. The highest BCUT2D eigenvalue weighted by Crippen LogP contribution is 2.70. The molecule has 2 aromatic carbocycles. The first kappa shape index (κ1) is 31.3. The van der Waals surface area contributed by atoms with Gasteiger partial charge in [0.1, 0.15) is 0 Å². The molecule has 0 amide bonds. The highest BCUT2D eigenvalue weighted by atomic mass is 14.6. The van der Waals surface area contributed by atoms with Crippen LogP contribution in [0.1, 0.15) is 114 Å². The lowest BCUT2D eigenvalue weighted by Crippen LogP contribution is -2.52. The van der Waals surface area contributed by atoms with E-state index in [1.165, 1.54) is 66.8 Å². The predicted octanol–water partition coefficient (Wildman–Crippen LogP) is 12.0. The first-order valence-corrected chi connectivity index (χ1v) is 16.4. The predicted molar refractivity (Wildman–Crippen MR) is 189 cm³/mol. The van der Waals surface area contributed by atoms with Gasteiger partial charge in [0.05, 0.1) is 0 Å². The van der Waals surface area contributed by atoms with Crippen LogP contribution in [0.4, 0.5) is 0 Å². The molecule has 3 aliphatic rings. The molecule has 5 rings (SSSR count). The molecule has 0 heteroatoms. The van der Waals surface area contributed by atoms with E-state index in [2.05, 4.69) is 112 Å². The Morgan fingerprint density at radius 1 is 0.953 bits per heavy atom. The first-order chi connectivity index (χ1) is 20.1. The van der Waals surface area contributed by atoms with Gasteiger partial charge in [0, 0.05) is 5.41 Å². The van der Waals surface area contributed by atoms with Gasteiger partial charge in [-0.3, -0.25) is 0 Å². The molecule has 0 fully saturated rings. The summed E-state index contributed by atoms with van der Waals surface area (Å²) in [5.41, 5.74) is 19.4. The fourth-order valence-electron chi connectivity index (χ4n) is 9.74. The zero-order valence-corrected chi connectivity index (χ0v) is 28.6. The fourth-order valence-corrected chi connectivity index (χ4v) is 9.74. The van der Waals surface area contributed by atoms with Gasteiger partial charge >= 0.3 is 0 Å². The number of rotatable bonds is 7. The molecule has 0 nitrogen and oxygen atoms in total. The van der Waals surface area contributed by atoms with Crippen molar-refractivity contribution in [1.29, 1.82) is 0 Å². The molecule has 0 saturated carbocycles. The van der Waals surface area contributed by atoms with Crippen LogP contribution in [0.25, 0.3) is 5.57 Å². The van der Waals surface area contributed by atoms with Crippen LogP contribution in [-0.2, 0) is 19.3 Å². The minimum Gasteiger partial charge on any atom is -0.0995 e. The molecule has 2 aromatic rings. The number of hydrogen-bond acceptors (Lipinski definition) is 0. The highest BCUT2D eigenvalue weighted by molar-refractivity contribution is 5.87. The summed E-state index contributed by atoms with van der Waals surface area (Å²) < 4.78 is 0. The number of allylic oxidation sites excluding steroid dienone is 8. The number of hydrogen-bond donors (Lipinski definition) is 0. The van der Waals surface area contributed by atoms with Crippen LogP contribution in [0.5, 0.6) is 0 Å². The highest BCUT2D eigenvalue weighted by Gasteiger charge is 2.59. The number of benzene rings is 2. The summed E-state index contributed by atoms with van der Waals surface area (Å²) in [6.45, 7) is 40.0. The van der Waals surface area contributed by atoms with E-state index in [1.54, 1.807) is 5.56 Å². The lowest BCUT2D eigenvalue weighted by molar-refractivity contribution is 0.0543. The van der Waals surface area contributed by atoms with Gasteiger partial charge in [0.15, 0.2) is 0 Å². The van der Waals surface area contributed by atoms with Gasteiger partial charge in [0.2, 0.25) is 0 Å². The molecule has 0 bridgehead atoms. The van der Waals surface area contributed by atoms with Crippen LogP contribution in [0.3, 0.4) is 0 Å². The smallest absolute Gasteiger partial charge is 0.0194 e. The van der Waals surface area contributed by atoms with Crippen molar-refractivity contribution in [3.8, 4) is 0 Å². The lowest BCUT2D eigenvalue weighted by Gasteiger charge is -2.62. The third-order valence-electron chi connectivity index (χ3n) is 11.8. The van der Waals surface area contributed by atoms with Crippen molar-refractivity contribution < 1.29 is 0 Å². The molecule has 0 radical (unpaired) electrons. The summed E-state index contributed by atoms with van der Waals surface area (Å²) in [6, 6.07) is 13.3. The van der Waals surface area contributed by atoms with E-state index in [0.717, 1.165) is 44.1 Å². The van der Waals surface area contributed by atoms with Crippen LogP contribution in [-0.4, -0.2) is 0 Å². The normalized spacial score (nSPS) is 26.8. The molecular weight excluding hydrogens is 516 g/mol. The zero-order valence-electron chi connectivity index (χ0n) is 28.6. The molecule has 0 saturated heterocycles. The summed E-state index contributed by atoms with van der Waals surface area (Å²) >= 11 is 0. The Balaban J connectivity index is 1.60. The monoisotopic (exact) mass is 570 g/mol. The molecule has 3 aliphatic carbocycles. The van der Waals surface area contributed by atoms with E-state index in [1.807, 2.05) is 0 Å². The van der Waals surface area contributed by atoms with E-state index in [-0.39, 0.29) is 16.2 Å². The molecule has 0 N–H and O–H groups in total. The van der Waals surface area contributed by atoms with Crippen molar-refractivity contribution in [1.82, 2.24) is 0 Å². The van der Waals surface area contributed by atoms with E-state index in [4.69, 9.17) is 13.2 Å². The fraction of sp³-hybridized carbons (Fsp3) is 0.442. The second kappa shape index (κ2) is 10.8. The molecule has 3 atom stereocenters. The summed E-state index contributed by atoms with van der Waals surface area (Å²) in [5, 5.41) is 0. The molecule has 0 heterocycles. The Kier molecular flexibility index (Phi) is 7.86. The second-order valence-corrected chi connectivity index (χ2v) is 15.3. The quantitative estimate of drug-likeness (QED) is 0.290. The first-order valence-electron chi connectivity index (χ1n) is 16.4. The van der Waals surface area contributed by atoms with Crippen molar-refractivity contribution in [3.05, 3.63) is 135 Å². The van der Waals surface area contributed by atoms with E-state index in [0.29, 0.717) is 5.92 Å². The molecule has 0 aliphatic heterocycles. The summed E-state index contributed by atoms with van der Waals surface area (Å²) in [6.07, 6.45) is 6.28. The van der Waals surface area contributed by atoms with Gasteiger partial charge < -0.3 is 0 Å². The van der Waals surface area contributed by atoms with Crippen molar-refractivity contribution >= 4 is 5.57 Å². The van der Waals surface area contributed by atoms with Crippen molar-refractivity contribution in [2.45, 2.75) is 107 Å². The van der Waals surface area contributed by atoms with Gasteiger partial charge in [-0.2, -0.15) is 0 Å². The van der Waals surface area contributed by atoms with Gasteiger partial charge in [-0.05, 0) is 139 Å². The Labute approximate surface area is 263 Å². The minimum atomic E-state index is -0.127. The van der Waals surface area contributed by atoms with Gasteiger partial charge in [-0.25, -0.2) is 0 Å². The van der Waals surface area contributed by atoms with Crippen LogP contribution in [0.15, 0.2) is 102 Å². The van der Waals surface area contributed by atoms with Crippen molar-refractivity contribution in [2.75, 3.05) is 0 Å². The zero-order chi connectivity index (χ0) is 31.6. The Morgan fingerprint density at radius 3 is 2.21 bits per heavy atom. The summed E-state index contributed by atoms with van der Waals surface area (Å²) in [4.78, 5) is 0. The number of fused-ring (bicyclic) bond motifs is 3. The van der Waals surface area contributed by atoms with Crippen LogP contribution >= 0.6 is 0 Å². The molecule has 0 spiro atoms. The van der Waals surface area contributed by atoms with Crippen molar-refractivity contribution in [3.63, 3.8) is 0 Å². The summed E-state index contributed by atoms with van der Waals surface area (Å²) in [5.74, 6) is 0.464. The van der Waals surface area contributed by atoms with Crippen LogP contribution in [0.2, 0.25) is 0 Å². The second-order valence-electron chi connectivity index (χ2n) is 15.3. The van der Waals surface area contributed by atoms with Crippen LogP contribution in [0, 0.1) is 23.2 Å². The Hall–Kier alpha value is -3.12. The summed E-state index contributed by atoms with van der Waals surface area (Å²) in [7, 11) is 0. The average molecular weight is 571 g/mol. The maximum atomic E-state index is 4.94. The maximum Gasteiger partial charge on any atom is 0.0194 e. The minimum absolute atomic E-state index is 0.0469. The van der Waals surface area contributed by atoms with E-state index in [9.17, 15) is 0 Å². The molecule has 43 heavy (non-hydrogen) atoms. The topological polar surface area (TPSA) is 0 Å². The largest absolute Gasteiger partial charge is 0.0995 e. The SMILES string of the molecule is C=C(CCc1cc(C(C)C)c2c(c1C)C(=C)C1=C(C)[C@@]3(C)C(=C)C(C(=C)C)=C(C)C[C@@]3(C)C[C@@]1(C)C2)Cc1ccccc1. The molecule has 0 unspecified atom stereocenters. The Bertz CT molecular complexity index is 1620.